The molecular formula is C25H34ClFN4O3. The molecule has 2 N–H and O–H groups in total. The second-order valence-electron chi connectivity index (χ2n) is 8.81. The quantitative estimate of drug-likeness (QED) is 0.429. The summed E-state index contributed by atoms with van der Waals surface area (Å²) in [6.45, 7) is 4.21. The third-order valence-corrected chi connectivity index (χ3v) is 6.44. The molecule has 0 spiro atoms. The summed E-state index contributed by atoms with van der Waals surface area (Å²) in [6.07, 6.45) is 8.53. The van der Waals surface area contributed by atoms with Crippen molar-refractivity contribution >= 4 is 23.5 Å². The Balaban J connectivity index is 1.41. The molecule has 1 aliphatic rings. The molecule has 34 heavy (non-hydrogen) atoms. The summed E-state index contributed by atoms with van der Waals surface area (Å²) in [5.41, 5.74) is 0.533. The molecule has 0 aliphatic carbocycles. The zero-order valence-corrected chi connectivity index (χ0v) is 20.4. The number of aliphatic hydroxyl groups is 1. The first kappa shape index (κ1) is 26.2. The van der Waals surface area contributed by atoms with Crippen LogP contribution in [-0.2, 0) is 4.79 Å². The van der Waals surface area contributed by atoms with E-state index in [0.717, 1.165) is 44.7 Å². The number of aromatic nitrogens is 2. The van der Waals surface area contributed by atoms with E-state index in [4.69, 9.17) is 21.4 Å². The van der Waals surface area contributed by atoms with Crippen LogP contribution in [-0.4, -0.2) is 53.8 Å². The standard InChI is InChI=1S/C25H34ClFN4O3/c1-18(33)28-15-20(5-2-12-32)23-7-6-22(14-24(23)27)34-13-3-4-19-8-10-31(11-9-19)25-29-16-21(26)17-30-25/h6-7,14,16-17,19-20,32H,2-5,8-13,15H2,1H3,(H,28,33). The summed E-state index contributed by atoms with van der Waals surface area (Å²) < 4.78 is 20.6. The van der Waals surface area contributed by atoms with Crippen LogP contribution in [0.3, 0.4) is 0 Å². The van der Waals surface area contributed by atoms with E-state index in [-0.39, 0.29) is 24.2 Å². The third kappa shape index (κ3) is 8.09. The average molecular weight is 493 g/mol. The Morgan fingerprint density at radius 3 is 2.68 bits per heavy atom. The molecule has 2 aromatic rings. The zero-order valence-electron chi connectivity index (χ0n) is 19.7. The van der Waals surface area contributed by atoms with Gasteiger partial charge in [0.05, 0.1) is 24.0 Å². The highest BCUT2D eigenvalue weighted by molar-refractivity contribution is 6.30. The highest BCUT2D eigenvalue weighted by Gasteiger charge is 2.21. The Morgan fingerprint density at radius 2 is 2.03 bits per heavy atom. The van der Waals surface area contributed by atoms with Crippen molar-refractivity contribution in [2.24, 2.45) is 5.92 Å². The number of nitrogens with one attached hydrogen (secondary N) is 1. The van der Waals surface area contributed by atoms with Crippen LogP contribution in [0.1, 0.15) is 56.9 Å². The lowest BCUT2D eigenvalue weighted by molar-refractivity contribution is -0.119. The lowest BCUT2D eigenvalue weighted by atomic mass is 9.92. The number of carbonyl (C=O) groups excluding carboxylic acids is 1. The maximum absolute atomic E-state index is 14.8. The van der Waals surface area contributed by atoms with Gasteiger partial charge in [0, 0.05) is 45.1 Å². The smallest absolute Gasteiger partial charge is 0.225 e. The van der Waals surface area contributed by atoms with Crippen molar-refractivity contribution in [3.63, 3.8) is 0 Å². The Labute approximate surface area is 205 Å². The molecule has 1 amide bonds. The third-order valence-electron chi connectivity index (χ3n) is 6.25. The molecule has 0 bridgehead atoms. The number of hydrogen-bond donors (Lipinski definition) is 2. The van der Waals surface area contributed by atoms with E-state index in [1.54, 1.807) is 24.5 Å². The fourth-order valence-corrected chi connectivity index (χ4v) is 4.45. The van der Waals surface area contributed by atoms with Crippen molar-refractivity contribution < 1.29 is 19.0 Å². The SMILES string of the molecule is CC(=O)NCC(CCCO)c1ccc(OCCCC2CCN(c3ncc(Cl)cn3)CC2)cc1F. The first-order valence-corrected chi connectivity index (χ1v) is 12.3. The number of aliphatic hydroxyl groups excluding tert-OH is 1. The number of carbonyl (C=O) groups is 1. The van der Waals surface area contributed by atoms with Crippen molar-refractivity contribution in [3.8, 4) is 5.75 Å². The maximum Gasteiger partial charge on any atom is 0.225 e. The van der Waals surface area contributed by atoms with Gasteiger partial charge in [0.25, 0.3) is 0 Å². The van der Waals surface area contributed by atoms with Crippen molar-refractivity contribution in [1.82, 2.24) is 15.3 Å². The predicted octanol–water partition coefficient (Wildman–Crippen LogP) is 4.34. The molecule has 2 heterocycles. The number of ether oxygens (including phenoxy) is 1. The van der Waals surface area contributed by atoms with Crippen LogP contribution < -0.4 is 15.0 Å². The molecule has 1 fully saturated rings. The monoisotopic (exact) mass is 492 g/mol. The van der Waals surface area contributed by atoms with Crippen LogP contribution in [0, 0.1) is 11.7 Å². The second-order valence-corrected chi connectivity index (χ2v) is 9.24. The highest BCUT2D eigenvalue weighted by atomic mass is 35.5. The van der Waals surface area contributed by atoms with E-state index in [1.807, 2.05) is 0 Å². The molecule has 1 aromatic carbocycles. The van der Waals surface area contributed by atoms with Gasteiger partial charge in [-0.3, -0.25) is 4.79 Å². The Morgan fingerprint density at radius 1 is 1.29 bits per heavy atom. The predicted molar refractivity (Wildman–Crippen MR) is 131 cm³/mol. The minimum atomic E-state index is -0.345. The molecular weight excluding hydrogens is 459 g/mol. The summed E-state index contributed by atoms with van der Waals surface area (Å²) in [5, 5.41) is 12.4. The number of rotatable bonds is 12. The molecule has 186 valence electrons. The van der Waals surface area contributed by atoms with Gasteiger partial charge in [-0.05, 0) is 56.1 Å². The molecule has 7 nitrogen and oxygen atoms in total. The molecule has 1 saturated heterocycles. The molecule has 3 rings (SSSR count). The summed E-state index contributed by atoms with van der Waals surface area (Å²) in [7, 11) is 0. The molecule has 1 atom stereocenters. The fraction of sp³-hybridized carbons (Fsp3) is 0.560. The van der Waals surface area contributed by atoms with Crippen molar-refractivity contribution in [2.75, 3.05) is 37.7 Å². The average Bonchev–Trinajstić information content (AvgIpc) is 2.83. The summed E-state index contributed by atoms with van der Waals surface area (Å²) in [6, 6.07) is 4.92. The van der Waals surface area contributed by atoms with Crippen LogP contribution in [0.2, 0.25) is 5.02 Å². The van der Waals surface area contributed by atoms with Crippen molar-refractivity contribution in [3.05, 3.63) is 47.0 Å². The van der Waals surface area contributed by atoms with E-state index in [9.17, 15) is 9.18 Å². The number of halogens is 2. The van der Waals surface area contributed by atoms with Crippen molar-refractivity contribution in [2.45, 2.75) is 51.4 Å². The van der Waals surface area contributed by atoms with E-state index < -0.39 is 0 Å². The van der Waals surface area contributed by atoms with Crippen LogP contribution in [0.5, 0.6) is 5.75 Å². The van der Waals surface area contributed by atoms with Gasteiger partial charge in [-0.2, -0.15) is 0 Å². The molecule has 9 heteroatoms. The highest BCUT2D eigenvalue weighted by Crippen LogP contribution is 2.28. The normalized spacial score (nSPS) is 15.2. The van der Waals surface area contributed by atoms with Gasteiger partial charge in [-0.15, -0.1) is 0 Å². The van der Waals surface area contributed by atoms with Gasteiger partial charge < -0.3 is 20.1 Å². The minimum absolute atomic E-state index is 0.0350. The number of benzene rings is 1. The van der Waals surface area contributed by atoms with Gasteiger partial charge in [0.15, 0.2) is 0 Å². The van der Waals surface area contributed by atoms with E-state index in [2.05, 4.69) is 20.2 Å². The maximum atomic E-state index is 14.8. The number of amides is 1. The Kier molecular flexibility index (Phi) is 10.3. The largest absolute Gasteiger partial charge is 0.493 e. The molecule has 1 aromatic heterocycles. The van der Waals surface area contributed by atoms with Crippen LogP contribution in [0.25, 0.3) is 0 Å². The van der Waals surface area contributed by atoms with Gasteiger partial charge in [-0.1, -0.05) is 17.7 Å². The zero-order chi connectivity index (χ0) is 24.3. The van der Waals surface area contributed by atoms with Gasteiger partial charge in [-0.25, -0.2) is 14.4 Å². The van der Waals surface area contributed by atoms with Gasteiger partial charge >= 0.3 is 0 Å². The fourth-order valence-electron chi connectivity index (χ4n) is 4.35. The molecule has 0 radical (unpaired) electrons. The van der Waals surface area contributed by atoms with Crippen LogP contribution >= 0.6 is 11.6 Å². The van der Waals surface area contributed by atoms with Gasteiger partial charge in [0.1, 0.15) is 11.6 Å². The topological polar surface area (TPSA) is 87.6 Å². The molecule has 1 unspecified atom stereocenters. The Hall–Kier alpha value is -2.45. The lowest BCUT2D eigenvalue weighted by Gasteiger charge is -2.32. The summed E-state index contributed by atoms with van der Waals surface area (Å²) >= 11 is 5.86. The lowest BCUT2D eigenvalue weighted by Crippen LogP contribution is -2.34. The van der Waals surface area contributed by atoms with Crippen LogP contribution in [0.4, 0.5) is 10.3 Å². The van der Waals surface area contributed by atoms with E-state index in [0.29, 0.717) is 48.2 Å². The summed E-state index contributed by atoms with van der Waals surface area (Å²) in [4.78, 5) is 22.0. The first-order valence-electron chi connectivity index (χ1n) is 12.0. The number of anilines is 1. The number of hydrogen-bond acceptors (Lipinski definition) is 6. The van der Waals surface area contributed by atoms with E-state index >= 15 is 0 Å². The van der Waals surface area contributed by atoms with Crippen LogP contribution in [0.15, 0.2) is 30.6 Å². The minimum Gasteiger partial charge on any atom is -0.493 e. The van der Waals surface area contributed by atoms with Crippen molar-refractivity contribution in [1.29, 1.82) is 0 Å². The molecule has 0 saturated carbocycles. The second kappa shape index (κ2) is 13.4. The first-order chi connectivity index (χ1) is 16.5. The Bertz CT molecular complexity index is 908. The number of nitrogens with zero attached hydrogens (tertiary/aromatic N) is 3. The molecule has 1 aliphatic heterocycles. The summed E-state index contributed by atoms with van der Waals surface area (Å²) in [5.74, 6) is 1.19. The van der Waals surface area contributed by atoms with Gasteiger partial charge in [0.2, 0.25) is 11.9 Å². The van der Waals surface area contributed by atoms with E-state index in [1.165, 1.54) is 13.0 Å². The number of piperidine rings is 1.